The molecule has 0 fully saturated rings. The zero-order chi connectivity index (χ0) is 31.8. The smallest absolute Gasteiger partial charge is 0.405 e. The van der Waals surface area contributed by atoms with Crippen molar-refractivity contribution in [3.63, 3.8) is 0 Å². The quantitative estimate of drug-likeness (QED) is 0.158. The van der Waals surface area contributed by atoms with Gasteiger partial charge in [-0.05, 0) is 106 Å². The van der Waals surface area contributed by atoms with Gasteiger partial charge in [0.15, 0.2) is 11.4 Å². The van der Waals surface area contributed by atoms with Crippen LogP contribution < -0.4 is 4.74 Å². The third-order valence-corrected chi connectivity index (χ3v) is 6.97. The van der Waals surface area contributed by atoms with Gasteiger partial charge in [-0.15, -0.1) is 13.2 Å². The standard InChI is InChI=1S/C34H13F3N6O/c1-18-5-29-27(12-25(18)21-6-19(15-38)8-23(10-21)41-2)28-13-26(22-7-20(16-39)9-24(11-22)42-3)32(44-34(35,36)37)14-30(28)33(29)31(17-40)43-4/h5-14H,1H3/b33-31+. The molecule has 4 aromatic carbocycles. The first-order chi connectivity index (χ1) is 21.0. The lowest BCUT2D eigenvalue weighted by atomic mass is 9.92. The fraction of sp³-hybridized carbons (Fsp3) is 0.0588. The molecule has 0 unspecified atom stereocenters. The van der Waals surface area contributed by atoms with Crippen LogP contribution in [0.1, 0.15) is 27.8 Å². The highest BCUT2D eigenvalue weighted by atomic mass is 19.4. The Morgan fingerprint density at radius 3 is 1.68 bits per heavy atom. The molecule has 0 aromatic heterocycles. The minimum atomic E-state index is -5.11. The molecule has 0 atom stereocenters. The lowest BCUT2D eigenvalue weighted by Gasteiger charge is -2.17. The van der Waals surface area contributed by atoms with Crippen LogP contribution in [0.4, 0.5) is 24.5 Å². The van der Waals surface area contributed by atoms with Crippen molar-refractivity contribution in [1.29, 1.82) is 15.8 Å². The van der Waals surface area contributed by atoms with E-state index in [0.717, 1.165) is 6.07 Å². The summed E-state index contributed by atoms with van der Waals surface area (Å²) in [7, 11) is 0. The molecular formula is C34H13F3N6O. The van der Waals surface area contributed by atoms with Gasteiger partial charge in [0.2, 0.25) is 0 Å². The molecule has 10 heteroatoms. The fourth-order valence-corrected chi connectivity index (χ4v) is 5.22. The van der Waals surface area contributed by atoms with Gasteiger partial charge in [0.05, 0.1) is 37.9 Å². The number of allylic oxidation sites excluding steroid dienone is 1. The number of ether oxygens (including phenoxy) is 1. The van der Waals surface area contributed by atoms with Gasteiger partial charge in [-0.1, -0.05) is 6.07 Å². The summed E-state index contributed by atoms with van der Waals surface area (Å²) in [6.07, 6.45) is -5.11. The monoisotopic (exact) mass is 578 g/mol. The van der Waals surface area contributed by atoms with E-state index in [9.17, 15) is 29.0 Å². The summed E-state index contributed by atoms with van der Waals surface area (Å²) in [5.74, 6) is -0.643. The van der Waals surface area contributed by atoms with E-state index >= 15 is 0 Å². The van der Waals surface area contributed by atoms with Gasteiger partial charge in [-0.3, -0.25) is 0 Å². The second-order valence-electron chi connectivity index (χ2n) is 9.59. The van der Waals surface area contributed by atoms with Crippen LogP contribution in [0.15, 0.2) is 66.4 Å². The summed E-state index contributed by atoms with van der Waals surface area (Å²) in [6.45, 7) is 24.2. The normalized spacial score (nSPS) is 12.2. The van der Waals surface area contributed by atoms with Crippen molar-refractivity contribution in [2.75, 3.05) is 0 Å². The second kappa shape index (κ2) is 10.9. The van der Waals surface area contributed by atoms with Crippen molar-refractivity contribution in [2.24, 2.45) is 0 Å². The van der Waals surface area contributed by atoms with Gasteiger partial charge in [0, 0.05) is 22.3 Å². The second-order valence-corrected chi connectivity index (χ2v) is 9.59. The summed E-state index contributed by atoms with van der Waals surface area (Å²) < 4.78 is 45.4. The van der Waals surface area contributed by atoms with Gasteiger partial charge >= 0.3 is 6.36 Å². The SMILES string of the molecule is [C-]#[N+]/C(C#N)=C1\c2cc(C)c(-c3cc(C#N)cc([N+]#[C-])c3)cc2-c2cc(-c3cc(C#N)cc([N+]#[C-])c3)c(OC(F)(F)F)cc21. The number of aryl methyl sites for hydroxylation is 1. The highest BCUT2D eigenvalue weighted by Gasteiger charge is 2.35. The van der Waals surface area contributed by atoms with E-state index in [2.05, 4.69) is 19.3 Å². The molecule has 0 bridgehead atoms. The average Bonchev–Trinajstić information content (AvgIpc) is 3.31. The Labute approximate surface area is 249 Å². The maximum absolute atomic E-state index is 13.7. The summed E-state index contributed by atoms with van der Waals surface area (Å²) in [5, 5.41) is 28.8. The van der Waals surface area contributed by atoms with E-state index in [0.29, 0.717) is 33.4 Å². The topological polar surface area (TPSA) is 93.7 Å². The Balaban J connectivity index is 1.89. The summed E-state index contributed by atoms with van der Waals surface area (Å²) in [6, 6.07) is 20.4. The Morgan fingerprint density at radius 2 is 1.20 bits per heavy atom. The van der Waals surface area contributed by atoms with Crippen LogP contribution in [0, 0.1) is 60.6 Å². The maximum atomic E-state index is 13.7. The molecule has 0 amide bonds. The van der Waals surface area contributed by atoms with Crippen molar-refractivity contribution in [1.82, 2.24) is 0 Å². The third-order valence-electron chi connectivity index (χ3n) is 6.97. The number of alkyl halides is 3. The summed E-state index contributed by atoms with van der Waals surface area (Å²) >= 11 is 0. The molecule has 0 saturated carbocycles. The first kappa shape index (κ1) is 28.7. The Kier molecular flexibility index (Phi) is 7.07. The molecule has 7 nitrogen and oxygen atoms in total. The van der Waals surface area contributed by atoms with E-state index in [1.54, 1.807) is 31.2 Å². The maximum Gasteiger partial charge on any atom is 0.573 e. The lowest BCUT2D eigenvalue weighted by Crippen LogP contribution is -2.17. The molecule has 1 aliphatic rings. The first-order valence-corrected chi connectivity index (χ1v) is 12.5. The number of hydrogen-bond acceptors (Lipinski definition) is 4. The van der Waals surface area contributed by atoms with Gasteiger partial charge in [-0.2, -0.15) is 10.5 Å². The Morgan fingerprint density at radius 1 is 0.682 bits per heavy atom. The number of halogens is 3. The van der Waals surface area contributed by atoms with Crippen molar-refractivity contribution in [3.05, 3.63) is 128 Å². The molecule has 4 aromatic rings. The van der Waals surface area contributed by atoms with Crippen LogP contribution in [0.25, 0.3) is 53.5 Å². The molecule has 206 valence electrons. The molecule has 0 saturated heterocycles. The van der Waals surface area contributed by atoms with Crippen LogP contribution in [-0.2, 0) is 0 Å². The van der Waals surface area contributed by atoms with Gasteiger partial charge in [0.1, 0.15) is 5.75 Å². The average molecular weight is 579 g/mol. The number of fused-ring (bicyclic) bond motifs is 3. The van der Waals surface area contributed by atoms with Gasteiger partial charge in [0.25, 0.3) is 5.70 Å². The molecular weight excluding hydrogens is 565 g/mol. The third kappa shape index (κ3) is 5.04. The van der Waals surface area contributed by atoms with Crippen LogP contribution in [-0.4, -0.2) is 6.36 Å². The number of hydrogen-bond donors (Lipinski definition) is 0. The minimum Gasteiger partial charge on any atom is -0.405 e. The van der Waals surface area contributed by atoms with Gasteiger partial charge in [-0.25, -0.2) is 19.8 Å². The van der Waals surface area contributed by atoms with E-state index in [-0.39, 0.29) is 50.5 Å². The first-order valence-electron chi connectivity index (χ1n) is 12.5. The Hall–Kier alpha value is -6.85. The predicted octanol–water partition coefficient (Wildman–Crippen LogP) is 9.26. The van der Waals surface area contributed by atoms with Crippen LogP contribution in [0.5, 0.6) is 5.75 Å². The fourth-order valence-electron chi connectivity index (χ4n) is 5.22. The van der Waals surface area contributed by atoms with Crippen molar-refractivity contribution < 1.29 is 17.9 Å². The van der Waals surface area contributed by atoms with Gasteiger partial charge < -0.3 is 4.74 Å². The van der Waals surface area contributed by atoms with E-state index in [1.165, 1.54) is 30.3 Å². The minimum absolute atomic E-state index is 0.0316. The van der Waals surface area contributed by atoms with E-state index in [4.69, 9.17) is 19.7 Å². The molecule has 44 heavy (non-hydrogen) atoms. The number of rotatable bonds is 3. The number of benzene rings is 4. The number of nitriles is 3. The zero-order valence-electron chi connectivity index (χ0n) is 22.5. The predicted molar refractivity (Wildman–Crippen MR) is 154 cm³/mol. The van der Waals surface area contributed by atoms with Crippen LogP contribution in [0.2, 0.25) is 0 Å². The summed E-state index contributed by atoms with van der Waals surface area (Å²) in [5.41, 5.74) is 3.72. The van der Waals surface area contributed by atoms with E-state index in [1.807, 2.05) is 18.2 Å². The molecule has 0 heterocycles. The van der Waals surface area contributed by atoms with Crippen molar-refractivity contribution >= 4 is 16.9 Å². The molecule has 0 radical (unpaired) electrons. The van der Waals surface area contributed by atoms with Crippen LogP contribution in [0.3, 0.4) is 0 Å². The summed E-state index contributed by atoms with van der Waals surface area (Å²) in [4.78, 5) is 10.1. The molecule has 0 spiro atoms. The highest BCUT2D eigenvalue weighted by molar-refractivity contribution is 6.06. The number of nitrogens with zero attached hydrogens (tertiary/aromatic N) is 6. The highest BCUT2D eigenvalue weighted by Crippen LogP contribution is 2.52. The van der Waals surface area contributed by atoms with Crippen molar-refractivity contribution in [3.8, 4) is 57.3 Å². The van der Waals surface area contributed by atoms with Crippen molar-refractivity contribution in [2.45, 2.75) is 13.3 Å². The lowest BCUT2D eigenvalue weighted by molar-refractivity contribution is -0.274. The molecule has 0 aliphatic heterocycles. The largest absolute Gasteiger partial charge is 0.573 e. The van der Waals surface area contributed by atoms with E-state index < -0.39 is 12.1 Å². The molecule has 5 rings (SSSR count). The zero-order valence-corrected chi connectivity index (χ0v) is 22.5. The Bertz CT molecular complexity index is 2140. The van der Waals surface area contributed by atoms with Crippen LogP contribution >= 0.6 is 0 Å². The molecule has 1 aliphatic carbocycles. The molecule has 0 N–H and O–H groups in total.